The van der Waals surface area contributed by atoms with Gasteiger partial charge in [0.1, 0.15) is 12.4 Å². The minimum atomic E-state index is -0.174. The monoisotopic (exact) mass is 428 g/mol. The summed E-state index contributed by atoms with van der Waals surface area (Å²) in [6.07, 6.45) is 1.85. The van der Waals surface area contributed by atoms with Gasteiger partial charge in [0, 0.05) is 10.6 Å². The van der Waals surface area contributed by atoms with E-state index in [0.717, 1.165) is 27.5 Å². The zero-order valence-electron chi connectivity index (χ0n) is 16.8. The highest BCUT2D eigenvalue weighted by Crippen LogP contribution is 2.20. The first-order valence-corrected chi connectivity index (χ1v) is 10.3. The van der Waals surface area contributed by atoms with Gasteiger partial charge in [0.2, 0.25) is 5.91 Å². The Bertz CT molecular complexity index is 1210. The van der Waals surface area contributed by atoms with Crippen LogP contribution in [0, 0.1) is 0 Å². The molecule has 0 aliphatic carbocycles. The predicted molar refractivity (Wildman–Crippen MR) is 126 cm³/mol. The third kappa shape index (κ3) is 5.50. The summed E-state index contributed by atoms with van der Waals surface area (Å²) >= 11 is 5.92. The zero-order valence-corrected chi connectivity index (χ0v) is 17.5. The number of para-hydroxylation sites is 1. The van der Waals surface area contributed by atoms with E-state index in [4.69, 9.17) is 16.3 Å². The summed E-state index contributed by atoms with van der Waals surface area (Å²) in [6, 6.07) is 29.0. The number of rotatable bonds is 7. The van der Waals surface area contributed by atoms with Crippen LogP contribution < -0.4 is 10.2 Å². The van der Waals surface area contributed by atoms with Crippen LogP contribution >= 0.6 is 11.6 Å². The molecule has 4 nitrogen and oxygen atoms in total. The molecule has 0 aliphatic heterocycles. The third-order valence-electron chi connectivity index (χ3n) is 4.85. The lowest BCUT2D eigenvalue weighted by Gasteiger charge is -2.09. The van der Waals surface area contributed by atoms with E-state index < -0.39 is 0 Å². The number of benzene rings is 4. The van der Waals surface area contributed by atoms with Gasteiger partial charge in [0.05, 0.1) is 12.6 Å². The van der Waals surface area contributed by atoms with Crippen molar-refractivity contribution in [1.82, 2.24) is 5.43 Å². The van der Waals surface area contributed by atoms with Crippen molar-refractivity contribution in [3.8, 4) is 5.75 Å². The molecule has 154 valence electrons. The standard InChI is InChI=1S/C26H21ClN2O2/c27-23-14-12-19(13-15-23)18-31-25-11-4-2-7-22(25)17-28-29-26(30)16-21-9-5-8-20-6-1-3-10-24(20)21/h1-15,17H,16,18H2,(H,29,30)/b28-17+. The number of amides is 1. The molecule has 0 radical (unpaired) electrons. The van der Waals surface area contributed by atoms with Crippen molar-refractivity contribution in [2.45, 2.75) is 13.0 Å². The molecule has 4 aromatic carbocycles. The molecule has 0 fully saturated rings. The number of hydrogen-bond donors (Lipinski definition) is 1. The average molecular weight is 429 g/mol. The summed E-state index contributed by atoms with van der Waals surface area (Å²) in [5, 5.41) is 7.00. The van der Waals surface area contributed by atoms with E-state index in [1.807, 2.05) is 91.0 Å². The molecule has 1 N–H and O–H groups in total. The Kier molecular flexibility index (Phi) is 6.60. The van der Waals surface area contributed by atoms with Crippen LogP contribution in [0.1, 0.15) is 16.7 Å². The number of nitrogens with zero attached hydrogens (tertiary/aromatic N) is 1. The van der Waals surface area contributed by atoms with Crippen LogP contribution in [0.15, 0.2) is 96.1 Å². The van der Waals surface area contributed by atoms with Gasteiger partial charge in [0.25, 0.3) is 0 Å². The molecule has 5 heteroatoms. The van der Waals surface area contributed by atoms with Crippen molar-refractivity contribution in [3.63, 3.8) is 0 Å². The lowest BCUT2D eigenvalue weighted by Crippen LogP contribution is -2.20. The Morgan fingerprint density at radius 2 is 1.65 bits per heavy atom. The maximum absolute atomic E-state index is 12.4. The molecule has 0 unspecified atom stereocenters. The number of carbonyl (C=O) groups excluding carboxylic acids is 1. The maximum atomic E-state index is 12.4. The van der Waals surface area contributed by atoms with Crippen LogP contribution in [0.25, 0.3) is 10.8 Å². The normalized spacial score (nSPS) is 11.0. The van der Waals surface area contributed by atoms with Gasteiger partial charge in [-0.05, 0) is 46.2 Å². The number of nitrogens with one attached hydrogen (secondary N) is 1. The van der Waals surface area contributed by atoms with E-state index in [1.165, 1.54) is 0 Å². The number of halogens is 1. The van der Waals surface area contributed by atoms with Gasteiger partial charge in [0.15, 0.2) is 0 Å². The third-order valence-corrected chi connectivity index (χ3v) is 5.10. The van der Waals surface area contributed by atoms with E-state index in [1.54, 1.807) is 6.21 Å². The molecule has 0 heterocycles. The Hall–Kier alpha value is -3.63. The molecule has 0 atom stereocenters. The Labute approximate surface area is 186 Å². The Balaban J connectivity index is 1.38. The number of fused-ring (bicyclic) bond motifs is 1. The van der Waals surface area contributed by atoms with Crippen molar-refractivity contribution >= 4 is 34.5 Å². The van der Waals surface area contributed by atoms with Crippen molar-refractivity contribution in [2.24, 2.45) is 5.10 Å². The molecule has 31 heavy (non-hydrogen) atoms. The zero-order chi connectivity index (χ0) is 21.5. The summed E-state index contributed by atoms with van der Waals surface area (Å²) in [7, 11) is 0. The molecule has 4 aromatic rings. The van der Waals surface area contributed by atoms with Gasteiger partial charge in [-0.1, -0.05) is 78.3 Å². The van der Waals surface area contributed by atoms with Gasteiger partial charge in [-0.25, -0.2) is 5.43 Å². The number of hydrazone groups is 1. The van der Waals surface area contributed by atoms with E-state index in [-0.39, 0.29) is 12.3 Å². The average Bonchev–Trinajstić information content (AvgIpc) is 2.80. The van der Waals surface area contributed by atoms with Gasteiger partial charge in [-0.2, -0.15) is 5.10 Å². The van der Waals surface area contributed by atoms with Crippen molar-refractivity contribution in [1.29, 1.82) is 0 Å². The minimum absolute atomic E-state index is 0.174. The van der Waals surface area contributed by atoms with Crippen LogP contribution in [0.2, 0.25) is 5.02 Å². The lowest BCUT2D eigenvalue weighted by molar-refractivity contribution is -0.120. The topological polar surface area (TPSA) is 50.7 Å². The van der Waals surface area contributed by atoms with Gasteiger partial charge in [-0.3, -0.25) is 4.79 Å². The molecule has 0 bridgehead atoms. The quantitative estimate of drug-likeness (QED) is 0.300. The first kappa shape index (κ1) is 20.6. The second kappa shape index (κ2) is 9.92. The molecule has 0 saturated carbocycles. The minimum Gasteiger partial charge on any atom is -0.488 e. The van der Waals surface area contributed by atoms with E-state index in [9.17, 15) is 4.79 Å². The molecule has 0 aliphatic rings. The molecule has 0 spiro atoms. The van der Waals surface area contributed by atoms with Crippen LogP contribution in [0.5, 0.6) is 5.75 Å². The highest BCUT2D eigenvalue weighted by molar-refractivity contribution is 6.30. The summed E-state index contributed by atoms with van der Waals surface area (Å²) in [5.41, 5.74) is 5.37. The van der Waals surface area contributed by atoms with E-state index in [0.29, 0.717) is 17.4 Å². The fraction of sp³-hybridized carbons (Fsp3) is 0.0769. The van der Waals surface area contributed by atoms with E-state index >= 15 is 0 Å². The first-order valence-electron chi connectivity index (χ1n) is 9.94. The largest absolute Gasteiger partial charge is 0.488 e. The fourth-order valence-corrected chi connectivity index (χ4v) is 3.42. The lowest BCUT2D eigenvalue weighted by atomic mass is 10.0. The number of carbonyl (C=O) groups is 1. The molecule has 0 saturated heterocycles. The second-order valence-electron chi connectivity index (χ2n) is 7.06. The SMILES string of the molecule is O=C(Cc1cccc2ccccc12)N/N=C/c1ccccc1OCc1ccc(Cl)cc1. The smallest absolute Gasteiger partial charge is 0.244 e. The van der Waals surface area contributed by atoms with Crippen molar-refractivity contribution < 1.29 is 9.53 Å². The summed E-state index contributed by atoms with van der Waals surface area (Å²) in [4.78, 5) is 12.4. The molecular weight excluding hydrogens is 408 g/mol. The highest BCUT2D eigenvalue weighted by Gasteiger charge is 2.06. The molecule has 0 aromatic heterocycles. The predicted octanol–water partition coefficient (Wildman–Crippen LogP) is 5.77. The van der Waals surface area contributed by atoms with Crippen LogP contribution in [-0.2, 0) is 17.8 Å². The molecule has 1 amide bonds. The summed E-state index contributed by atoms with van der Waals surface area (Å²) in [5.74, 6) is 0.511. The maximum Gasteiger partial charge on any atom is 0.244 e. The highest BCUT2D eigenvalue weighted by atomic mass is 35.5. The van der Waals surface area contributed by atoms with Crippen LogP contribution in [0.3, 0.4) is 0 Å². The van der Waals surface area contributed by atoms with Crippen molar-refractivity contribution in [2.75, 3.05) is 0 Å². The van der Waals surface area contributed by atoms with Crippen LogP contribution in [-0.4, -0.2) is 12.1 Å². The first-order chi connectivity index (χ1) is 15.2. The van der Waals surface area contributed by atoms with Gasteiger partial charge in [-0.15, -0.1) is 0 Å². The molecular formula is C26H21ClN2O2. The fourth-order valence-electron chi connectivity index (χ4n) is 3.29. The van der Waals surface area contributed by atoms with E-state index in [2.05, 4.69) is 10.5 Å². The van der Waals surface area contributed by atoms with Gasteiger partial charge < -0.3 is 4.74 Å². The Morgan fingerprint density at radius 1 is 0.903 bits per heavy atom. The van der Waals surface area contributed by atoms with Crippen molar-refractivity contribution in [3.05, 3.63) is 113 Å². The Morgan fingerprint density at radius 3 is 2.52 bits per heavy atom. The molecule has 4 rings (SSSR count). The summed E-state index contributed by atoms with van der Waals surface area (Å²) in [6.45, 7) is 0.412. The van der Waals surface area contributed by atoms with Gasteiger partial charge >= 0.3 is 0 Å². The number of ether oxygens (including phenoxy) is 1. The van der Waals surface area contributed by atoms with Crippen LogP contribution in [0.4, 0.5) is 0 Å². The number of hydrogen-bond acceptors (Lipinski definition) is 3. The summed E-state index contributed by atoms with van der Waals surface area (Å²) < 4.78 is 5.92. The second-order valence-corrected chi connectivity index (χ2v) is 7.50.